The van der Waals surface area contributed by atoms with E-state index in [9.17, 15) is 0 Å². The molecule has 0 radical (unpaired) electrons. The van der Waals surface area contributed by atoms with Crippen molar-refractivity contribution in [3.05, 3.63) is 73.3 Å². The minimum Gasteiger partial charge on any atom is -0.378 e. The first-order valence-electron chi connectivity index (χ1n) is 7.88. The summed E-state index contributed by atoms with van der Waals surface area (Å²) >= 11 is 0. The summed E-state index contributed by atoms with van der Waals surface area (Å²) < 4.78 is 1.99. The van der Waals surface area contributed by atoms with Gasteiger partial charge in [0.05, 0.1) is 17.5 Å². The van der Waals surface area contributed by atoms with Crippen molar-refractivity contribution in [2.75, 3.05) is 19.0 Å². The molecule has 0 aliphatic heterocycles. The fourth-order valence-electron chi connectivity index (χ4n) is 2.78. The fraction of sp³-hybridized carbons (Fsp3) is 0.100. The van der Waals surface area contributed by atoms with Crippen molar-refractivity contribution in [2.45, 2.75) is 0 Å². The number of anilines is 1. The van der Waals surface area contributed by atoms with E-state index in [0.717, 1.165) is 27.8 Å². The number of rotatable bonds is 3. The van der Waals surface area contributed by atoms with Crippen molar-refractivity contribution in [3.8, 4) is 16.9 Å². The predicted molar refractivity (Wildman–Crippen MR) is 120 cm³/mol. The highest BCUT2D eigenvalue weighted by Crippen LogP contribution is 2.24. The molecule has 0 aliphatic rings. The van der Waals surface area contributed by atoms with Crippen LogP contribution in [0.2, 0.25) is 0 Å². The van der Waals surface area contributed by atoms with Gasteiger partial charge in [-0.3, -0.25) is 0 Å². The number of pyridine rings is 1. The molecule has 0 fully saturated rings. The Hall–Kier alpha value is -2.27. The van der Waals surface area contributed by atoms with E-state index in [-0.39, 0.29) is 37.2 Å². The SMILES string of the molecule is CN(C)c1ccc(-c2ccc3cc(-n4ccnc4)ccc3n2)cc1.Cl.Cl.Cl. The first kappa shape index (κ1) is 22.8. The topological polar surface area (TPSA) is 34.0 Å². The van der Waals surface area contributed by atoms with Crippen molar-refractivity contribution in [3.63, 3.8) is 0 Å². The Morgan fingerprint density at radius 2 is 1.59 bits per heavy atom. The number of fused-ring (bicyclic) bond motifs is 1. The number of hydrogen-bond donors (Lipinski definition) is 0. The monoisotopic (exact) mass is 422 g/mol. The lowest BCUT2D eigenvalue weighted by Crippen LogP contribution is -2.07. The quantitative estimate of drug-likeness (QED) is 0.441. The van der Waals surface area contributed by atoms with Gasteiger partial charge in [0, 0.05) is 48.8 Å². The van der Waals surface area contributed by atoms with Crippen LogP contribution >= 0.6 is 37.2 Å². The van der Waals surface area contributed by atoms with E-state index >= 15 is 0 Å². The number of benzene rings is 2. The molecule has 0 unspecified atom stereocenters. The molecule has 0 atom stereocenters. The largest absolute Gasteiger partial charge is 0.378 e. The van der Waals surface area contributed by atoms with Crippen LogP contribution in [0.1, 0.15) is 0 Å². The van der Waals surface area contributed by atoms with E-state index in [0.29, 0.717) is 0 Å². The van der Waals surface area contributed by atoms with Gasteiger partial charge in [-0.15, -0.1) is 37.2 Å². The van der Waals surface area contributed by atoms with Crippen molar-refractivity contribution >= 4 is 53.8 Å². The summed E-state index contributed by atoms with van der Waals surface area (Å²) in [5.41, 5.74) is 5.38. The smallest absolute Gasteiger partial charge is 0.0991 e. The summed E-state index contributed by atoms with van der Waals surface area (Å²) in [7, 11) is 4.09. The zero-order chi connectivity index (χ0) is 16.5. The summed E-state index contributed by atoms with van der Waals surface area (Å²) in [6.45, 7) is 0. The molecule has 0 N–H and O–H groups in total. The molecule has 2 aromatic heterocycles. The zero-order valence-corrected chi connectivity index (χ0v) is 17.4. The number of nitrogens with zero attached hydrogens (tertiary/aromatic N) is 4. The van der Waals surface area contributed by atoms with E-state index in [2.05, 4.69) is 64.5 Å². The second-order valence-electron chi connectivity index (χ2n) is 5.98. The normalized spacial score (nSPS) is 9.70. The average molecular weight is 424 g/mol. The maximum Gasteiger partial charge on any atom is 0.0991 e. The molecule has 27 heavy (non-hydrogen) atoms. The lowest BCUT2D eigenvalue weighted by atomic mass is 10.1. The van der Waals surface area contributed by atoms with Crippen LogP contribution in [0.3, 0.4) is 0 Å². The molecule has 0 saturated carbocycles. The second-order valence-corrected chi connectivity index (χ2v) is 5.98. The van der Waals surface area contributed by atoms with E-state index in [1.165, 1.54) is 5.69 Å². The van der Waals surface area contributed by atoms with E-state index < -0.39 is 0 Å². The molecule has 4 rings (SSSR count). The Morgan fingerprint density at radius 1 is 0.852 bits per heavy atom. The summed E-state index contributed by atoms with van der Waals surface area (Å²) in [6, 6.07) is 18.9. The van der Waals surface area contributed by atoms with Gasteiger partial charge in [-0.25, -0.2) is 9.97 Å². The zero-order valence-electron chi connectivity index (χ0n) is 14.9. The highest BCUT2D eigenvalue weighted by atomic mass is 35.5. The van der Waals surface area contributed by atoms with Crippen molar-refractivity contribution in [1.82, 2.24) is 14.5 Å². The lowest BCUT2D eigenvalue weighted by molar-refractivity contribution is 1.06. The van der Waals surface area contributed by atoms with Gasteiger partial charge >= 0.3 is 0 Å². The van der Waals surface area contributed by atoms with Gasteiger partial charge in [-0.2, -0.15) is 0 Å². The lowest BCUT2D eigenvalue weighted by Gasteiger charge is -2.12. The average Bonchev–Trinajstić information content (AvgIpc) is 3.15. The molecular formula is C20H21Cl3N4. The molecular weight excluding hydrogens is 403 g/mol. The van der Waals surface area contributed by atoms with Gasteiger partial charge in [-0.1, -0.05) is 18.2 Å². The van der Waals surface area contributed by atoms with Crippen LogP contribution < -0.4 is 4.90 Å². The summed E-state index contributed by atoms with van der Waals surface area (Å²) in [5, 5.41) is 1.12. The molecule has 7 heteroatoms. The molecule has 4 aromatic rings. The van der Waals surface area contributed by atoms with Gasteiger partial charge in [0.1, 0.15) is 0 Å². The molecule has 2 heterocycles. The van der Waals surface area contributed by atoms with E-state index in [1.807, 2.05) is 24.9 Å². The minimum absolute atomic E-state index is 0. The molecule has 0 aliphatic carbocycles. The Bertz CT molecular complexity index is 984. The minimum atomic E-state index is 0. The van der Waals surface area contributed by atoms with Gasteiger partial charge in [0.25, 0.3) is 0 Å². The Kier molecular flexibility index (Phi) is 8.10. The third kappa shape index (κ3) is 4.72. The summed E-state index contributed by atoms with van der Waals surface area (Å²) in [6.07, 6.45) is 5.52. The fourth-order valence-corrected chi connectivity index (χ4v) is 2.78. The summed E-state index contributed by atoms with van der Waals surface area (Å²) in [4.78, 5) is 11.0. The predicted octanol–water partition coefficient (Wildman–Crippen LogP) is 5.42. The van der Waals surface area contributed by atoms with Crippen molar-refractivity contribution in [1.29, 1.82) is 0 Å². The maximum atomic E-state index is 4.80. The van der Waals surface area contributed by atoms with Crippen LogP contribution in [-0.2, 0) is 0 Å². The van der Waals surface area contributed by atoms with Crippen molar-refractivity contribution < 1.29 is 0 Å². The number of imidazole rings is 1. The number of aromatic nitrogens is 3. The van der Waals surface area contributed by atoms with Crippen LogP contribution in [0.15, 0.2) is 73.3 Å². The molecule has 0 spiro atoms. The highest BCUT2D eigenvalue weighted by Gasteiger charge is 2.04. The third-order valence-corrected chi connectivity index (χ3v) is 4.15. The van der Waals surface area contributed by atoms with Crippen LogP contribution in [0.5, 0.6) is 0 Å². The van der Waals surface area contributed by atoms with Crippen LogP contribution in [0, 0.1) is 0 Å². The van der Waals surface area contributed by atoms with Crippen LogP contribution in [0.4, 0.5) is 5.69 Å². The third-order valence-electron chi connectivity index (χ3n) is 4.15. The van der Waals surface area contributed by atoms with Gasteiger partial charge in [0.2, 0.25) is 0 Å². The Balaban J connectivity index is 0.00000121. The van der Waals surface area contributed by atoms with Crippen LogP contribution in [0.25, 0.3) is 27.8 Å². The molecule has 0 saturated heterocycles. The first-order valence-corrected chi connectivity index (χ1v) is 7.88. The van der Waals surface area contributed by atoms with Crippen LogP contribution in [-0.4, -0.2) is 28.6 Å². The van der Waals surface area contributed by atoms with Gasteiger partial charge < -0.3 is 9.47 Å². The molecule has 0 bridgehead atoms. The Labute approximate surface area is 177 Å². The first-order chi connectivity index (χ1) is 11.7. The molecule has 4 nitrogen and oxygen atoms in total. The second kappa shape index (κ2) is 9.60. The van der Waals surface area contributed by atoms with E-state index in [4.69, 9.17) is 4.98 Å². The highest BCUT2D eigenvalue weighted by molar-refractivity contribution is 5.86. The summed E-state index contributed by atoms with van der Waals surface area (Å²) in [5.74, 6) is 0. The van der Waals surface area contributed by atoms with E-state index in [1.54, 1.807) is 12.5 Å². The number of hydrogen-bond acceptors (Lipinski definition) is 3. The molecule has 2 aromatic carbocycles. The Morgan fingerprint density at radius 3 is 2.22 bits per heavy atom. The number of halogens is 3. The molecule has 142 valence electrons. The molecule has 0 amide bonds. The maximum absolute atomic E-state index is 4.80. The standard InChI is InChI=1S/C20H18N4.3ClH/c1-23(2)17-6-3-15(4-7-17)19-9-5-16-13-18(8-10-20(16)22-19)24-12-11-21-14-24;;;/h3-14H,1-2H3;3*1H. The van der Waals surface area contributed by atoms with Crippen molar-refractivity contribution in [2.24, 2.45) is 0 Å². The van der Waals surface area contributed by atoms with Gasteiger partial charge in [0.15, 0.2) is 0 Å². The van der Waals surface area contributed by atoms with Gasteiger partial charge in [-0.05, 0) is 36.4 Å².